The lowest BCUT2D eigenvalue weighted by Crippen LogP contribution is -2.26. The smallest absolute Gasteiger partial charge is 0.162 e. The van der Waals surface area contributed by atoms with Crippen LogP contribution in [-0.2, 0) is 19.8 Å². The minimum atomic E-state index is 0.508. The van der Waals surface area contributed by atoms with E-state index in [4.69, 9.17) is 15.2 Å². The van der Waals surface area contributed by atoms with Crippen molar-refractivity contribution in [1.29, 1.82) is 0 Å². The fraction of sp³-hybridized carbons (Fsp3) is 0.357. The number of rotatable bonds is 15. The molecule has 0 aliphatic rings. The Bertz CT molecular complexity index is 919. The highest BCUT2D eigenvalue weighted by molar-refractivity contribution is 5.43. The van der Waals surface area contributed by atoms with Gasteiger partial charge in [0, 0.05) is 6.54 Å². The van der Waals surface area contributed by atoms with Crippen molar-refractivity contribution >= 4 is 0 Å². The van der Waals surface area contributed by atoms with E-state index in [2.05, 4.69) is 53.7 Å². The molecule has 0 unspecified atom stereocenters. The normalized spacial score (nSPS) is 11.0. The average Bonchev–Trinajstić information content (AvgIpc) is 2.86. The third-order valence-electron chi connectivity index (χ3n) is 5.45. The van der Waals surface area contributed by atoms with Crippen molar-refractivity contribution in [3.63, 3.8) is 0 Å². The molecule has 0 aliphatic heterocycles. The summed E-state index contributed by atoms with van der Waals surface area (Å²) in [4.78, 5) is 2.34. The Morgan fingerprint density at radius 3 is 1.97 bits per heavy atom. The summed E-state index contributed by atoms with van der Waals surface area (Å²) in [5, 5.41) is 3.54. The molecule has 33 heavy (non-hydrogen) atoms. The lowest BCUT2D eigenvalue weighted by Gasteiger charge is -2.16. The van der Waals surface area contributed by atoms with Crippen LogP contribution in [-0.4, -0.2) is 38.1 Å². The first-order valence-corrected chi connectivity index (χ1v) is 11.8. The highest BCUT2D eigenvalue weighted by Gasteiger charge is 2.08. The topological polar surface area (TPSA) is 59.8 Å². The Kier molecular flexibility index (Phi) is 10.8. The molecule has 5 nitrogen and oxygen atoms in total. The summed E-state index contributed by atoms with van der Waals surface area (Å²) in [6, 6.07) is 26.6. The van der Waals surface area contributed by atoms with Gasteiger partial charge in [-0.3, -0.25) is 0 Å². The second-order valence-corrected chi connectivity index (χ2v) is 8.31. The van der Waals surface area contributed by atoms with E-state index in [-0.39, 0.29) is 0 Å². The van der Waals surface area contributed by atoms with Crippen LogP contribution in [0.5, 0.6) is 11.5 Å². The van der Waals surface area contributed by atoms with Gasteiger partial charge in [-0.1, -0.05) is 66.7 Å². The van der Waals surface area contributed by atoms with Gasteiger partial charge >= 0.3 is 0 Å². The molecule has 0 saturated heterocycles. The number of nitrogens with one attached hydrogen (secondary N) is 1. The molecule has 3 aromatic carbocycles. The van der Waals surface area contributed by atoms with Crippen LogP contribution in [0.25, 0.3) is 0 Å². The van der Waals surface area contributed by atoms with Gasteiger partial charge in [-0.15, -0.1) is 0 Å². The van der Waals surface area contributed by atoms with Gasteiger partial charge in [0.1, 0.15) is 13.2 Å². The van der Waals surface area contributed by atoms with Gasteiger partial charge in [0.15, 0.2) is 11.5 Å². The van der Waals surface area contributed by atoms with Gasteiger partial charge < -0.3 is 25.4 Å². The molecule has 0 spiro atoms. The van der Waals surface area contributed by atoms with E-state index in [1.165, 1.54) is 5.56 Å². The molecule has 0 aliphatic carbocycles. The molecule has 0 amide bonds. The number of nitrogens with two attached hydrogens (primary N) is 1. The lowest BCUT2D eigenvalue weighted by molar-refractivity contribution is 0.255. The summed E-state index contributed by atoms with van der Waals surface area (Å²) in [5.74, 6) is 1.54. The van der Waals surface area contributed by atoms with Crippen LogP contribution in [0.15, 0.2) is 78.9 Å². The van der Waals surface area contributed by atoms with E-state index >= 15 is 0 Å². The summed E-state index contributed by atoms with van der Waals surface area (Å²) in [7, 11) is 2.15. The molecule has 0 bridgehead atoms. The standard InChI is InChI=1S/C28H37N3O2/c1-31(18-8-16-29)19-9-17-30-21-26-14-15-27(32-22-24-10-4-2-5-11-24)28(20-26)33-23-25-12-6-3-7-13-25/h2-7,10-15,20,30H,8-9,16-19,21-23,29H2,1H3. The SMILES string of the molecule is CN(CCCN)CCCNCc1ccc(OCc2ccccc2)c(OCc2ccccc2)c1. The molecule has 0 aromatic heterocycles. The molecular weight excluding hydrogens is 410 g/mol. The number of nitrogens with zero attached hydrogens (tertiary/aromatic N) is 1. The largest absolute Gasteiger partial charge is 0.485 e. The molecule has 3 aromatic rings. The van der Waals surface area contributed by atoms with E-state index in [1.54, 1.807) is 0 Å². The summed E-state index contributed by atoms with van der Waals surface area (Å²) < 4.78 is 12.3. The molecule has 0 saturated carbocycles. The number of ether oxygens (including phenoxy) is 2. The van der Waals surface area contributed by atoms with Gasteiger partial charge in [0.25, 0.3) is 0 Å². The van der Waals surface area contributed by atoms with Gasteiger partial charge in [0.2, 0.25) is 0 Å². The van der Waals surface area contributed by atoms with E-state index in [0.717, 1.165) is 68.2 Å². The number of hydrogen-bond donors (Lipinski definition) is 2. The van der Waals surface area contributed by atoms with Crippen molar-refractivity contribution in [2.45, 2.75) is 32.6 Å². The predicted molar refractivity (Wildman–Crippen MR) is 135 cm³/mol. The van der Waals surface area contributed by atoms with Crippen molar-refractivity contribution in [2.75, 3.05) is 33.2 Å². The Labute approximate surface area is 198 Å². The average molecular weight is 448 g/mol. The first kappa shape index (κ1) is 24.8. The Morgan fingerprint density at radius 1 is 0.727 bits per heavy atom. The molecule has 0 heterocycles. The van der Waals surface area contributed by atoms with Crippen LogP contribution in [0.2, 0.25) is 0 Å². The molecule has 0 fully saturated rings. The van der Waals surface area contributed by atoms with Crippen LogP contribution in [0.3, 0.4) is 0 Å². The zero-order chi connectivity index (χ0) is 23.1. The van der Waals surface area contributed by atoms with E-state index in [0.29, 0.717) is 13.2 Å². The maximum absolute atomic E-state index is 6.18. The summed E-state index contributed by atoms with van der Waals surface area (Å²) in [5.41, 5.74) is 9.03. The Hall–Kier alpha value is -2.86. The molecular formula is C28H37N3O2. The van der Waals surface area contributed by atoms with E-state index in [9.17, 15) is 0 Å². The number of hydrogen-bond acceptors (Lipinski definition) is 5. The van der Waals surface area contributed by atoms with Gasteiger partial charge in [0.05, 0.1) is 0 Å². The second-order valence-electron chi connectivity index (χ2n) is 8.31. The van der Waals surface area contributed by atoms with Crippen LogP contribution < -0.4 is 20.5 Å². The molecule has 176 valence electrons. The third kappa shape index (κ3) is 9.26. The van der Waals surface area contributed by atoms with Crippen LogP contribution in [0.4, 0.5) is 0 Å². The minimum absolute atomic E-state index is 0.508. The van der Waals surface area contributed by atoms with Crippen LogP contribution >= 0.6 is 0 Å². The highest BCUT2D eigenvalue weighted by Crippen LogP contribution is 2.30. The quantitative estimate of drug-likeness (QED) is 0.333. The van der Waals surface area contributed by atoms with Gasteiger partial charge in [-0.2, -0.15) is 0 Å². The molecule has 5 heteroatoms. The monoisotopic (exact) mass is 447 g/mol. The number of benzene rings is 3. The highest BCUT2D eigenvalue weighted by atomic mass is 16.5. The lowest BCUT2D eigenvalue weighted by atomic mass is 10.2. The van der Waals surface area contributed by atoms with E-state index in [1.807, 2.05) is 42.5 Å². The fourth-order valence-electron chi connectivity index (χ4n) is 3.54. The van der Waals surface area contributed by atoms with Crippen molar-refractivity contribution in [2.24, 2.45) is 5.73 Å². The third-order valence-corrected chi connectivity index (χ3v) is 5.45. The predicted octanol–water partition coefficient (Wildman–Crippen LogP) is 4.60. The van der Waals surface area contributed by atoms with Crippen molar-refractivity contribution in [3.05, 3.63) is 95.6 Å². The summed E-state index contributed by atoms with van der Waals surface area (Å²) in [6.45, 7) is 5.68. The fourth-order valence-corrected chi connectivity index (χ4v) is 3.54. The minimum Gasteiger partial charge on any atom is -0.485 e. The molecule has 3 rings (SSSR count). The van der Waals surface area contributed by atoms with Crippen LogP contribution in [0.1, 0.15) is 29.5 Å². The first-order chi connectivity index (χ1) is 16.2. The molecule has 3 N–H and O–H groups in total. The Morgan fingerprint density at radius 2 is 1.33 bits per heavy atom. The van der Waals surface area contributed by atoms with Gasteiger partial charge in [-0.05, 0) is 74.9 Å². The maximum Gasteiger partial charge on any atom is 0.162 e. The van der Waals surface area contributed by atoms with Crippen LogP contribution in [0, 0.1) is 0 Å². The zero-order valence-corrected chi connectivity index (χ0v) is 19.7. The van der Waals surface area contributed by atoms with Crippen molar-refractivity contribution in [1.82, 2.24) is 10.2 Å². The van der Waals surface area contributed by atoms with Crippen molar-refractivity contribution < 1.29 is 9.47 Å². The molecule has 0 atom stereocenters. The van der Waals surface area contributed by atoms with Gasteiger partial charge in [-0.25, -0.2) is 0 Å². The summed E-state index contributed by atoms with van der Waals surface area (Å²) >= 11 is 0. The molecule has 0 radical (unpaired) electrons. The first-order valence-electron chi connectivity index (χ1n) is 11.8. The second kappa shape index (κ2) is 14.3. The Balaban J connectivity index is 1.55. The zero-order valence-electron chi connectivity index (χ0n) is 19.7. The summed E-state index contributed by atoms with van der Waals surface area (Å²) in [6.07, 6.45) is 2.16. The van der Waals surface area contributed by atoms with E-state index < -0.39 is 0 Å². The van der Waals surface area contributed by atoms with Crippen molar-refractivity contribution in [3.8, 4) is 11.5 Å². The maximum atomic E-state index is 6.18.